The number of Topliss-reactive ketones (excluding diaryl/α,β-unsaturated/α-hetero) is 1. The van der Waals surface area contributed by atoms with Crippen molar-refractivity contribution in [3.05, 3.63) is 39.7 Å². The number of hydrogen-bond donors (Lipinski definition) is 4. The van der Waals surface area contributed by atoms with E-state index in [9.17, 15) is 29.7 Å². The van der Waals surface area contributed by atoms with Gasteiger partial charge in [0.15, 0.2) is 5.78 Å². The summed E-state index contributed by atoms with van der Waals surface area (Å²) in [5.74, 6) is -3.05. The number of amides is 1. The Balaban J connectivity index is 2.61. The number of rotatable bonds is 4. The Morgan fingerprint density at radius 1 is 1.08 bits per heavy atom. The molecule has 0 aliphatic carbocycles. The van der Waals surface area contributed by atoms with Gasteiger partial charge in [-0.3, -0.25) is 9.59 Å². The summed E-state index contributed by atoms with van der Waals surface area (Å²) < 4.78 is 4.57. The van der Waals surface area contributed by atoms with Crippen LogP contribution in [0.15, 0.2) is 32.4 Å². The van der Waals surface area contributed by atoms with Crippen LogP contribution in [-0.2, 0) is 4.79 Å². The van der Waals surface area contributed by atoms with E-state index in [1.807, 2.05) is 0 Å². The van der Waals surface area contributed by atoms with Gasteiger partial charge in [0, 0.05) is 12.6 Å². The van der Waals surface area contributed by atoms with Gasteiger partial charge in [-0.1, -0.05) is 0 Å². The molecule has 26 heavy (non-hydrogen) atoms. The number of aliphatic imine (C=N–C) groups is 1. The molecule has 2 rings (SSSR count). The molecule has 1 aromatic carbocycles. The summed E-state index contributed by atoms with van der Waals surface area (Å²) in [5.41, 5.74) is -1.81. The monoisotopic (exact) mass is 360 g/mol. The second kappa shape index (κ2) is 7.09. The lowest BCUT2D eigenvalue weighted by Crippen LogP contribution is -2.15. The molecular weight excluding hydrogens is 344 g/mol. The average Bonchev–Trinajstić information content (AvgIpc) is 2.49. The zero-order chi connectivity index (χ0) is 19.6. The van der Waals surface area contributed by atoms with Crippen molar-refractivity contribution in [3.8, 4) is 17.4 Å². The normalized spacial score (nSPS) is 11.3. The number of phenols is 1. The lowest BCUT2D eigenvalue weighted by molar-refractivity contribution is -0.114. The molecule has 2 aromatic rings. The summed E-state index contributed by atoms with van der Waals surface area (Å²) >= 11 is 0. The number of nitrogens with one attached hydrogen (secondary N) is 1. The summed E-state index contributed by atoms with van der Waals surface area (Å²) in [6.45, 7) is 3.73. The van der Waals surface area contributed by atoms with E-state index in [4.69, 9.17) is 0 Å². The van der Waals surface area contributed by atoms with Crippen LogP contribution in [0.1, 0.15) is 36.7 Å². The van der Waals surface area contributed by atoms with Crippen molar-refractivity contribution in [1.82, 2.24) is 0 Å². The lowest BCUT2D eigenvalue weighted by Gasteiger charge is -2.09. The Labute approximate surface area is 147 Å². The molecule has 136 valence electrons. The van der Waals surface area contributed by atoms with E-state index in [0.717, 1.165) is 6.92 Å². The van der Waals surface area contributed by atoms with Crippen LogP contribution in [0.4, 0.5) is 11.4 Å². The van der Waals surface area contributed by atoms with Gasteiger partial charge in [0.1, 0.15) is 28.3 Å². The summed E-state index contributed by atoms with van der Waals surface area (Å²) in [4.78, 5) is 38.7. The van der Waals surface area contributed by atoms with Crippen molar-refractivity contribution >= 4 is 28.8 Å². The molecule has 0 saturated heterocycles. The second-order valence-electron chi connectivity index (χ2n) is 5.43. The maximum atomic E-state index is 12.0. The summed E-state index contributed by atoms with van der Waals surface area (Å²) in [5, 5.41) is 32.1. The molecule has 0 saturated carbocycles. The van der Waals surface area contributed by atoms with Gasteiger partial charge >= 0.3 is 5.63 Å². The highest BCUT2D eigenvalue weighted by atomic mass is 16.5. The molecule has 0 radical (unpaired) electrons. The fourth-order valence-corrected chi connectivity index (χ4v) is 2.28. The first-order valence-corrected chi connectivity index (χ1v) is 7.38. The van der Waals surface area contributed by atoms with Crippen molar-refractivity contribution in [2.45, 2.75) is 20.8 Å². The van der Waals surface area contributed by atoms with Crippen LogP contribution in [-0.4, -0.2) is 32.7 Å². The number of nitrogens with zero attached hydrogens (tertiary/aromatic N) is 1. The molecule has 9 heteroatoms. The first-order valence-electron chi connectivity index (χ1n) is 7.38. The molecule has 4 N–H and O–H groups in total. The van der Waals surface area contributed by atoms with Crippen molar-refractivity contribution in [1.29, 1.82) is 0 Å². The molecule has 0 fully saturated rings. The number of hydrogen-bond acceptors (Lipinski definition) is 8. The van der Waals surface area contributed by atoms with E-state index in [2.05, 4.69) is 14.7 Å². The summed E-state index contributed by atoms with van der Waals surface area (Å²) in [6.07, 6.45) is 0. The van der Waals surface area contributed by atoms with Gasteiger partial charge in [-0.25, -0.2) is 9.79 Å². The molecule has 1 aromatic heterocycles. The predicted octanol–water partition coefficient (Wildman–Crippen LogP) is 2.06. The Kier molecular flexibility index (Phi) is 5.11. The van der Waals surface area contributed by atoms with Crippen LogP contribution in [0.5, 0.6) is 17.4 Å². The standard InChI is InChI=1S/C17H16N2O7/c1-7(13-15(23)14(8(2)20)17(25)26-16(13)24)18-11-6-10(19-9(3)21)4-5-12(11)22/h4-6,22-23,25H,1-3H3,(H,19,21). The number of carbonyl (C=O) groups excluding carboxylic acids is 2. The molecule has 0 atom stereocenters. The first kappa shape index (κ1) is 18.7. The molecule has 0 spiro atoms. The number of anilines is 1. The Hall–Kier alpha value is -3.62. The predicted molar refractivity (Wildman–Crippen MR) is 92.6 cm³/mol. The van der Waals surface area contributed by atoms with Crippen LogP contribution in [0.2, 0.25) is 0 Å². The minimum atomic E-state index is -1.11. The number of phenolic OH excluding ortho intramolecular Hbond substituents is 1. The van der Waals surface area contributed by atoms with Crippen molar-refractivity contribution in [2.24, 2.45) is 4.99 Å². The van der Waals surface area contributed by atoms with Gasteiger partial charge in [0.2, 0.25) is 5.91 Å². The van der Waals surface area contributed by atoms with Crippen LogP contribution >= 0.6 is 0 Å². The quantitative estimate of drug-likeness (QED) is 0.370. The van der Waals surface area contributed by atoms with Gasteiger partial charge in [0.25, 0.3) is 5.95 Å². The minimum Gasteiger partial charge on any atom is -0.506 e. The zero-order valence-corrected chi connectivity index (χ0v) is 14.2. The highest BCUT2D eigenvalue weighted by Gasteiger charge is 2.24. The van der Waals surface area contributed by atoms with Crippen LogP contribution in [0.25, 0.3) is 0 Å². The zero-order valence-electron chi connectivity index (χ0n) is 14.2. The van der Waals surface area contributed by atoms with E-state index in [1.54, 1.807) is 0 Å². The largest absolute Gasteiger partial charge is 0.506 e. The minimum absolute atomic E-state index is 0.00463. The van der Waals surface area contributed by atoms with Crippen molar-refractivity contribution < 1.29 is 29.3 Å². The summed E-state index contributed by atoms with van der Waals surface area (Å²) in [7, 11) is 0. The maximum Gasteiger partial charge on any atom is 0.351 e. The fourth-order valence-electron chi connectivity index (χ4n) is 2.28. The van der Waals surface area contributed by atoms with Gasteiger partial charge in [0.05, 0.1) is 5.71 Å². The Morgan fingerprint density at radius 3 is 2.31 bits per heavy atom. The van der Waals surface area contributed by atoms with Gasteiger partial charge in [-0.2, -0.15) is 0 Å². The van der Waals surface area contributed by atoms with E-state index >= 15 is 0 Å². The smallest absolute Gasteiger partial charge is 0.351 e. The second-order valence-corrected chi connectivity index (χ2v) is 5.43. The van der Waals surface area contributed by atoms with Gasteiger partial charge < -0.3 is 25.1 Å². The van der Waals surface area contributed by atoms with E-state index in [-0.39, 0.29) is 23.1 Å². The molecule has 1 amide bonds. The number of benzene rings is 1. The van der Waals surface area contributed by atoms with E-state index in [1.165, 1.54) is 32.0 Å². The third kappa shape index (κ3) is 3.72. The fraction of sp³-hybridized carbons (Fsp3) is 0.176. The number of aromatic hydroxyl groups is 3. The highest BCUT2D eigenvalue weighted by molar-refractivity contribution is 6.07. The maximum absolute atomic E-state index is 12.0. The molecule has 1 heterocycles. The highest BCUT2D eigenvalue weighted by Crippen LogP contribution is 2.32. The van der Waals surface area contributed by atoms with Gasteiger partial charge in [-0.15, -0.1) is 0 Å². The number of ketones is 1. The topological polar surface area (TPSA) is 149 Å². The molecule has 0 aliphatic rings. The molecular formula is C17H16N2O7. The van der Waals surface area contributed by atoms with E-state index < -0.39 is 34.2 Å². The summed E-state index contributed by atoms with van der Waals surface area (Å²) in [6, 6.07) is 4.09. The molecule has 0 bridgehead atoms. The van der Waals surface area contributed by atoms with Crippen LogP contribution in [0.3, 0.4) is 0 Å². The Morgan fingerprint density at radius 2 is 1.73 bits per heavy atom. The number of carbonyl (C=O) groups is 2. The molecule has 0 unspecified atom stereocenters. The third-order valence-electron chi connectivity index (χ3n) is 3.38. The van der Waals surface area contributed by atoms with Crippen molar-refractivity contribution in [3.63, 3.8) is 0 Å². The molecule has 0 aliphatic heterocycles. The van der Waals surface area contributed by atoms with Crippen LogP contribution < -0.4 is 10.9 Å². The first-order chi connectivity index (χ1) is 12.1. The van der Waals surface area contributed by atoms with Gasteiger partial charge in [-0.05, 0) is 32.0 Å². The average molecular weight is 360 g/mol. The van der Waals surface area contributed by atoms with Crippen LogP contribution in [0, 0.1) is 0 Å². The lowest BCUT2D eigenvalue weighted by atomic mass is 10.1. The SMILES string of the molecule is CC(=O)Nc1ccc(O)c(N=C(C)c2c(O)c(C(C)=O)c(O)oc2=O)c1. The Bertz CT molecular complexity index is 989. The third-order valence-corrected chi connectivity index (χ3v) is 3.38. The van der Waals surface area contributed by atoms with Crippen molar-refractivity contribution in [2.75, 3.05) is 5.32 Å². The van der Waals surface area contributed by atoms with E-state index in [0.29, 0.717) is 5.69 Å². The molecule has 9 nitrogen and oxygen atoms in total.